The smallest absolute Gasteiger partial charge is 0.416 e. The molecule has 0 saturated carbocycles. The minimum atomic E-state index is -4.47. The van der Waals surface area contributed by atoms with Gasteiger partial charge in [-0.3, -0.25) is 9.59 Å². The molecule has 0 amide bonds. The predicted molar refractivity (Wildman–Crippen MR) is 124 cm³/mol. The van der Waals surface area contributed by atoms with Gasteiger partial charge in [0.2, 0.25) is 0 Å². The number of carbonyl (C=O) groups is 1. The summed E-state index contributed by atoms with van der Waals surface area (Å²) in [7, 11) is 1.38. The molecular formula is C25H23ClF4N2O3. The molecule has 35 heavy (non-hydrogen) atoms. The van der Waals surface area contributed by atoms with Crippen LogP contribution < -0.4 is 5.56 Å². The van der Waals surface area contributed by atoms with Crippen molar-refractivity contribution in [2.45, 2.75) is 45.2 Å². The van der Waals surface area contributed by atoms with Crippen molar-refractivity contribution in [1.82, 2.24) is 9.78 Å². The van der Waals surface area contributed by atoms with Crippen LogP contribution in [0.15, 0.2) is 41.2 Å². The van der Waals surface area contributed by atoms with Crippen LogP contribution in [0.1, 0.15) is 41.8 Å². The van der Waals surface area contributed by atoms with Crippen LogP contribution in [0.2, 0.25) is 5.02 Å². The van der Waals surface area contributed by atoms with Crippen LogP contribution in [0, 0.1) is 12.7 Å². The maximum absolute atomic E-state index is 15.3. The number of alkyl halides is 3. The fourth-order valence-electron chi connectivity index (χ4n) is 4.11. The predicted octanol–water partition coefficient (Wildman–Crippen LogP) is 5.71. The van der Waals surface area contributed by atoms with E-state index in [2.05, 4.69) is 5.10 Å². The zero-order valence-electron chi connectivity index (χ0n) is 19.4. The quantitative estimate of drug-likeness (QED) is 0.431. The number of halogens is 5. The lowest BCUT2D eigenvalue weighted by molar-refractivity contribution is -0.142. The maximum Gasteiger partial charge on any atom is 0.416 e. The molecule has 0 bridgehead atoms. The summed E-state index contributed by atoms with van der Waals surface area (Å²) in [4.78, 5) is 25.3. The standard InChI is InChI=1S/C25H23ClF4N2O3/c1-13-21(24(2,3)23(34)35)20(22(33)32(4)31-13)19-16(17(26)11-12-18(19)27)10-7-14-5-8-15(9-6-14)25(28,29)30/h5-6,8-9,11-12H,7,10H2,1-4H3,(H,34,35). The van der Waals surface area contributed by atoms with Crippen molar-refractivity contribution in [3.05, 3.63) is 85.5 Å². The van der Waals surface area contributed by atoms with Gasteiger partial charge >= 0.3 is 12.1 Å². The van der Waals surface area contributed by atoms with Crippen LogP contribution >= 0.6 is 11.6 Å². The minimum absolute atomic E-state index is 0.0602. The van der Waals surface area contributed by atoms with E-state index in [1.807, 2.05) is 0 Å². The lowest BCUT2D eigenvalue weighted by Gasteiger charge is -2.26. The Morgan fingerprint density at radius 2 is 1.66 bits per heavy atom. The second-order valence-electron chi connectivity index (χ2n) is 8.77. The highest BCUT2D eigenvalue weighted by atomic mass is 35.5. The number of nitrogens with zero attached hydrogens (tertiary/aromatic N) is 2. The number of aryl methyl sites for hydroxylation is 3. The molecule has 1 N–H and O–H groups in total. The lowest BCUT2D eigenvalue weighted by Crippen LogP contribution is -2.35. The molecule has 0 fully saturated rings. The van der Waals surface area contributed by atoms with E-state index in [0.717, 1.165) is 22.9 Å². The first kappa shape index (κ1) is 26.4. The maximum atomic E-state index is 15.3. The second-order valence-corrected chi connectivity index (χ2v) is 9.18. The SMILES string of the molecule is Cc1nn(C)c(=O)c(-c2c(F)ccc(Cl)c2CCc2ccc(C(F)(F)F)cc2)c1C(C)(C)C(=O)O. The first-order valence-electron chi connectivity index (χ1n) is 10.6. The van der Waals surface area contributed by atoms with Crippen molar-refractivity contribution in [3.63, 3.8) is 0 Å². The summed E-state index contributed by atoms with van der Waals surface area (Å²) in [6.07, 6.45) is -4.17. The number of aromatic nitrogens is 2. The highest BCUT2D eigenvalue weighted by Crippen LogP contribution is 2.38. The van der Waals surface area contributed by atoms with Gasteiger partial charge in [0.1, 0.15) is 5.82 Å². The molecule has 3 aromatic rings. The number of hydrogen-bond acceptors (Lipinski definition) is 3. The topological polar surface area (TPSA) is 72.2 Å². The van der Waals surface area contributed by atoms with Crippen molar-refractivity contribution < 1.29 is 27.5 Å². The van der Waals surface area contributed by atoms with E-state index in [1.54, 1.807) is 0 Å². The van der Waals surface area contributed by atoms with Crippen LogP contribution in [-0.4, -0.2) is 20.9 Å². The fraction of sp³-hybridized carbons (Fsp3) is 0.320. The Bertz CT molecular complexity index is 1350. The van der Waals surface area contributed by atoms with E-state index in [0.29, 0.717) is 5.56 Å². The van der Waals surface area contributed by atoms with Gasteiger partial charge in [0.15, 0.2) is 0 Å². The third kappa shape index (κ3) is 5.10. The van der Waals surface area contributed by atoms with E-state index in [1.165, 1.54) is 46.0 Å². The zero-order valence-corrected chi connectivity index (χ0v) is 20.2. The van der Waals surface area contributed by atoms with Crippen LogP contribution in [0.25, 0.3) is 11.1 Å². The number of hydrogen-bond donors (Lipinski definition) is 1. The summed E-state index contributed by atoms with van der Waals surface area (Å²) in [6, 6.07) is 6.97. The van der Waals surface area contributed by atoms with Gasteiger partial charge in [-0.05, 0) is 69.0 Å². The molecule has 0 radical (unpaired) electrons. The molecule has 0 spiro atoms. The van der Waals surface area contributed by atoms with Crippen molar-refractivity contribution in [2.75, 3.05) is 0 Å². The molecule has 1 aromatic heterocycles. The summed E-state index contributed by atoms with van der Waals surface area (Å²) in [5, 5.41) is 14.1. The van der Waals surface area contributed by atoms with Gasteiger partial charge in [-0.15, -0.1) is 0 Å². The van der Waals surface area contributed by atoms with Crippen LogP contribution in [0.5, 0.6) is 0 Å². The van der Waals surface area contributed by atoms with Gasteiger partial charge in [-0.1, -0.05) is 23.7 Å². The summed E-state index contributed by atoms with van der Waals surface area (Å²) in [6.45, 7) is 4.33. The highest BCUT2D eigenvalue weighted by molar-refractivity contribution is 6.31. The molecule has 0 unspecified atom stereocenters. The summed E-state index contributed by atoms with van der Waals surface area (Å²) < 4.78 is 54.9. The first-order chi connectivity index (χ1) is 16.2. The van der Waals surface area contributed by atoms with Crippen molar-refractivity contribution >= 4 is 17.6 Å². The van der Waals surface area contributed by atoms with Crippen LogP contribution in [0.3, 0.4) is 0 Å². The van der Waals surface area contributed by atoms with Crippen molar-refractivity contribution in [2.24, 2.45) is 7.05 Å². The van der Waals surface area contributed by atoms with Crippen LogP contribution in [-0.2, 0) is 36.3 Å². The molecule has 0 atom stereocenters. The Labute approximate surface area is 204 Å². The number of rotatable bonds is 6. The molecule has 1 heterocycles. The average molecular weight is 511 g/mol. The Hall–Kier alpha value is -3.20. The van der Waals surface area contributed by atoms with E-state index in [9.17, 15) is 27.9 Å². The Kier molecular flexibility index (Phi) is 7.13. The molecule has 3 rings (SSSR count). The molecule has 2 aromatic carbocycles. The third-order valence-corrected chi connectivity index (χ3v) is 6.33. The van der Waals surface area contributed by atoms with Crippen molar-refractivity contribution in [3.8, 4) is 11.1 Å². The monoisotopic (exact) mass is 510 g/mol. The number of benzene rings is 2. The lowest BCUT2D eigenvalue weighted by atomic mass is 9.78. The average Bonchev–Trinajstić information content (AvgIpc) is 2.76. The molecule has 0 aliphatic rings. The van der Waals surface area contributed by atoms with E-state index < -0.39 is 34.5 Å². The molecule has 10 heteroatoms. The number of aliphatic carboxylic acids is 1. The third-order valence-electron chi connectivity index (χ3n) is 5.98. The summed E-state index contributed by atoms with van der Waals surface area (Å²) in [5.74, 6) is -2.01. The molecule has 0 saturated heterocycles. The van der Waals surface area contributed by atoms with Gasteiger partial charge in [-0.25, -0.2) is 9.07 Å². The molecule has 186 valence electrons. The second kappa shape index (κ2) is 9.45. The number of carboxylic acid groups (broad SMARTS) is 1. The van der Waals surface area contributed by atoms with Gasteiger partial charge < -0.3 is 5.11 Å². The molecular weight excluding hydrogens is 488 g/mol. The largest absolute Gasteiger partial charge is 0.481 e. The Morgan fingerprint density at radius 1 is 1.06 bits per heavy atom. The van der Waals surface area contributed by atoms with Gasteiger partial charge in [0, 0.05) is 23.2 Å². The van der Waals surface area contributed by atoms with Crippen LogP contribution in [0.4, 0.5) is 17.6 Å². The van der Waals surface area contributed by atoms with E-state index in [4.69, 9.17) is 11.6 Å². The van der Waals surface area contributed by atoms with Gasteiger partial charge in [0.25, 0.3) is 5.56 Å². The Balaban J connectivity index is 2.19. The minimum Gasteiger partial charge on any atom is -0.481 e. The zero-order chi connectivity index (χ0) is 26.3. The van der Waals surface area contributed by atoms with Crippen molar-refractivity contribution in [1.29, 1.82) is 0 Å². The first-order valence-corrected chi connectivity index (χ1v) is 11.0. The van der Waals surface area contributed by atoms with E-state index in [-0.39, 0.29) is 45.8 Å². The molecule has 0 aliphatic carbocycles. The van der Waals surface area contributed by atoms with Gasteiger partial charge in [0.05, 0.1) is 22.2 Å². The highest BCUT2D eigenvalue weighted by Gasteiger charge is 2.37. The molecule has 0 aliphatic heterocycles. The number of carboxylic acids is 1. The summed E-state index contributed by atoms with van der Waals surface area (Å²) >= 11 is 6.41. The van der Waals surface area contributed by atoms with E-state index >= 15 is 4.39 Å². The molecule has 5 nitrogen and oxygen atoms in total. The Morgan fingerprint density at radius 3 is 2.20 bits per heavy atom. The summed E-state index contributed by atoms with van der Waals surface area (Å²) in [5.41, 5.74) is -2.27. The normalized spacial score (nSPS) is 12.1. The van der Waals surface area contributed by atoms with Gasteiger partial charge in [-0.2, -0.15) is 18.3 Å². The fourth-order valence-corrected chi connectivity index (χ4v) is 4.36.